The zero-order valence-electron chi connectivity index (χ0n) is 15.2. The molecule has 1 aromatic rings. The third-order valence-corrected chi connectivity index (χ3v) is 5.73. The van der Waals surface area contributed by atoms with Crippen LogP contribution in [-0.2, 0) is 14.8 Å². The van der Waals surface area contributed by atoms with Gasteiger partial charge in [0.2, 0.25) is 21.9 Å². The smallest absolute Gasteiger partial charge is 0.248 e. The predicted octanol–water partition coefficient (Wildman–Crippen LogP) is 2.55. The number of hydrogen-bond acceptors (Lipinski definition) is 4. The summed E-state index contributed by atoms with van der Waals surface area (Å²) in [6.07, 6.45) is 1.72. The van der Waals surface area contributed by atoms with E-state index >= 15 is 0 Å². The zero-order valence-corrected chi connectivity index (χ0v) is 16.0. The summed E-state index contributed by atoms with van der Waals surface area (Å²) in [7, 11) is -3.49. The van der Waals surface area contributed by atoms with Gasteiger partial charge in [-0.15, -0.1) is 0 Å². The second-order valence-electron chi connectivity index (χ2n) is 7.31. The summed E-state index contributed by atoms with van der Waals surface area (Å²) in [5, 5.41) is 0. The van der Waals surface area contributed by atoms with Gasteiger partial charge in [0.25, 0.3) is 0 Å². The van der Waals surface area contributed by atoms with E-state index in [0.717, 1.165) is 18.4 Å². The van der Waals surface area contributed by atoms with Crippen LogP contribution >= 0.6 is 0 Å². The van der Waals surface area contributed by atoms with Gasteiger partial charge in [0.15, 0.2) is 0 Å². The predicted molar refractivity (Wildman–Crippen MR) is 97.6 cm³/mol. The number of sulfonamides is 1. The molecule has 6 nitrogen and oxygen atoms in total. The van der Waals surface area contributed by atoms with Crippen molar-refractivity contribution in [2.24, 2.45) is 5.92 Å². The van der Waals surface area contributed by atoms with Crippen LogP contribution in [-0.4, -0.2) is 45.7 Å². The molecule has 0 radical (unpaired) electrons. The van der Waals surface area contributed by atoms with Crippen LogP contribution < -0.4 is 14.4 Å². The van der Waals surface area contributed by atoms with Gasteiger partial charge in [-0.3, -0.25) is 4.79 Å². The van der Waals surface area contributed by atoms with Crippen LogP contribution in [0.15, 0.2) is 24.3 Å². The Morgan fingerprint density at radius 1 is 1.30 bits per heavy atom. The van der Waals surface area contributed by atoms with Crippen molar-refractivity contribution < 1.29 is 26.7 Å². The summed E-state index contributed by atoms with van der Waals surface area (Å²) in [4.78, 5) is 13.5. The Bertz CT molecular complexity index is 783. The second kappa shape index (κ2) is 7.71. The Kier molecular flexibility index (Phi) is 5.71. The molecule has 3 rings (SSSR count). The van der Waals surface area contributed by atoms with E-state index in [4.69, 9.17) is 4.74 Å². The Labute approximate surface area is 157 Å². The molecule has 1 N–H and O–H groups in total. The lowest BCUT2D eigenvalue weighted by Gasteiger charge is -2.35. The van der Waals surface area contributed by atoms with E-state index in [1.807, 2.05) is 0 Å². The van der Waals surface area contributed by atoms with E-state index in [0.29, 0.717) is 18.7 Å². The molecular weight excluding hydrogens is 378 g/mol. The lowest BCUT2D eigenvalue weighted by Crippen LogP contribution is -2.48. The lowest BCUT2D eigenvalue weighted by atomic mass is 9.83. The van der Waals surface area contributed by atoms with E-state index in [-0.39, 0.29) is 25.4 Å². The fraction of sp³-hybridized carbons (Fsp3) is 0.611. The van der Waals surface area contributed by atoms with E-state index in [2.05, 4.69) is 4.72 Å². The lowest BCUT2D eigenvalue weighted by molar-refractivity contribution is -0.117. The first-order valence-electron chi connectivity index (χ1n) is 9.01. The fourth-order valence-corrected chi connectivity index (χ4v) is 4.54. The monoisotopic (exact) mass is 402 g/mol. The van der Waals surface area contributed by atoms with Crippen molar-refractivity contribution in [1.82, 2.24) is 4.72 Å². The molecule has 2 fully saturated rings. The molecule has 0 aromatic heterocycles. The molecule has 1 heterocycles. The minimum Gasteiger partial charge on any atom is -0.493 e. The Morgan fingerprint density at radius 2 is 2.00 bits per heavy atom. The molecule has 2 atom stereocenters. The molecule has 0 spiro atoms. The molecule has 27 heavy (non-hydrogen) atoms. The van der Waals surface area contributed by atoms with E-state index in [1.54, 1.807) is 29.2 Å². The van der Waals surface area contributed by atoms with Crippen LogP contribution in [0.1, 0.15) is 32.1 Å². The first-order valence-corrected chi connectivity index (χ1v) is 10.9. The van der Waals surface area contributed by atoms with Gasteiger partial charge in [-0.25, -0.2) is 21.9 Å². The van der Waals surface area contributed by atoms with Crippen LogP contribution in [0.4, 0.5) is 14.5 Å². The number of rotatable bonds is 6. The summed E-state index contributed by atoms with van der Waals surface area (Å²) < 4.78 is 58.7. The molecule has 9 heteroatoms. The first-order chi connectivity index (χ1) is 12.6. The van der Waals surface area contributed by atoms with Crippen LogP contribution in [0.2, 0.25) is 0 Å². The minimum atomic E-state index is -3.49. The summed E-state index contributed by atoms with van der Waals surface area (Å²) in [5.41, 5.74) is 0.783. The second-order valence-corrected chi connectivity index (χ2v) is 9.09. The fourth-order valence-electron chi connectivity index (χ4n) is 3.68. The molecule has 1 saturated heterocycles. The topological polar surface area (TPSA) is 75.7 Å². The SMILES string of the molecule is CS(=O)(=O)N[C@H]1CCC(F)(F)C[C@@H]1COc1ccc(N2CCCC2=O)cc1. The molecule has 1 aliphatic heterocycles. The van der Waals surface area contributed by atoms with Gasteiger partial charge in [-0.05, 0) is 37.1 Å². The Balaban J connectivity index is 1.63. The minimum absolute atomic E-state index is 0.00916. The maximum atomic E-state index is 13.8. The van der Waals surface area contributed by atoms with Gasteiger partial charge in [-0.2, -0.15) is 0 Å². The number of amides is 1. The molecule has 150 valence electrons. The summed E-state index contributed by atoms with van der Waals surface area (Å²) >= 11 is 0. The molecule has 0 unspecified atom stereocenters. The van der Waals surface area contributed by atoms with Crippen molar-refractivity contribution in [3.63, 3.8) is 0 Å². The van der Waals surface area contributed by atoms with Gasteiger partial charge in [0.1, 0.15) is 5.75 Å². The van der Waals surface area contributed by atoms with Gasteiger partial charge in [-0.1, -0.05) is 0 Å². The maximum absolute atomic E-state index is 13.8. The maximum Gasteiger partial charge on any atom is 0.248 e. The summed E-state index contributed by atoms with van der Waals surface area (Å²) in [6, 6.07) is 6.35. The van der Waals surface area contributed by atoms with Gasteiger partial charge in [0, 0.05) is 43.5 Å². The number of carbonyl (C=O) groups excluding carboxylic acids is 1. The highest BCUT2D eigenvalue weighted by Gasteiger charge is 2.42. The quantitative estimate of drug-likeness (QED) is 0.794. The Hall–Kier alpha value is -1.74. The van der Waals surface area contributed by atoms with Crippen molar-refractivity contribution in [2.45, 2.75) is 44.1 Å². The highest BCUT2D eigenvalue weighted by molar-refractivity contribution is 7.88. The molecule has 1 amide bonds. The molecule has 1 aromatic carbocycles. The summed E-state index contributed by atoms with van der Waals surface area (Å²) in [6.45, 7) is 0.680. The molecule has 0 bridgehead atoms. The number of benzene rings is 1. The molecule has 2 aliphatic rings. The van der Waals surface area contributed by atoms with Gasteiger partial charge in [0.05, 0.1) is 12.9 Å². The van der Waals surface area contributed by atoms with Crippen molar-refractivity contribution in [1.29, 1.82) is 0 Å². The number of ether oxygens (including phenoxy) is 1. The van der Waals surface area contributed by atoms with Crippen molar-refractivity contribution in [2.75, 3.05) is 24.3 Å². The molecule has 1 saturated carbocycles. The number of hydrogen-bond donors (Lipinski definition) is 1. The van der Waals surface area contributed by atoms with Crippen molar-refractivity contribution >= 4 is 21.6 Å². The van der Waals surface area contributed by atoms with Crippen molar-refractivity contribution in [3.05, 3.63) is 24.3 Å². The van der Waals surface area contributed by atoms with E-state index in [9.17, 15) is 22.0 Å². The van der Waals surface area contributed by atoms with Gasteiger partial charge < -0.3 is 9.64 Å². The van der Waals surface area contributed by atoms with E-state index in [1.165, 1.54) is 0 Å². The van der Waals surface area contributed by atoms with Crippen LogP contribution in [0.3, 0.4) is 0 Å². The number of alkyl halides is 2. The average Bonchev–Trinajstić information content (AvgIpc) is 3.00. The highest BCUT2D eigenvalue weighted by Crippen LogP contribution is 2.37. The zero-order chi connectivity index (χ0) is 19.7. The number of halogens is 2. The average molecular weight is 402 g/mol. The molecule has 1 aliphatic carbocycles. The number of anilines is 1. The van der Waals surface area contributed by atoms with Crippen LogP contribution in [0, 0.1) is 5.92 Å². The van der Waals surface area contributed by atoms with E-state index < -0.39 is 34.3 Å². The Morgan fingerprint density at radius 3 is 2.59 bits per heavy atom. The summed E-state index contributed by atoms with van der Waals surface area (Å²) in [5.74, 6) is -2.85. The third kappa shape index (κ3) is 5.38. The highest BCUT2D eigenvalue weighted by atomic mass is 32.2. The van der Waals surface area contributed by atoms with Crippen molar-refractivity contribution in [3.8, 4) is 5.75 Å². The molecular formula is C18H24F2N2O4S. The largest absolute Gasteiger partial charge is 0.493 e. The number of nitrogens with one attached hydrogen (secondary N) is 1. The van der Waals surface area contributed by atoms with Crippen LogP contribution in [0.25, 0.3) is 0 Å². The number of nitrogens with zero attached hydrogens (tertiary/aromatic N) is 1. The standard InChI is InChI=1S/C18H24F2N2O4S/c1-27(24,25)21-16-8-9-18(19,20)11-13(16)12-26-15-6-4-14(5-7-15)22-10-2-3-17(22)23/h4-7,13,16,21H,2-3,8-12H2,1H3/t13-,16+/m1/s1. The normalized spacial score (nSPS) is 25.6. The van der Waals surface area contributed by atoms with Gasteiger partial charge >= 0.3 is 0 Å². The third-order valence-electron chi connectivity index (χ3n) is 5.00. The first kappa shape index (κ1) is 20.0. The van der Waals surface area contributed by atoms with Crippen LogP contribution in [0.5, 0.6) is 5.75 Å². The number of carbonyl (C=O) groups is 1.